The monoisotopic (exact) mass is 633 g/mol. The number of halogens is 3. The SMILES string of the molecule is Cl.O=C(NCCN1CCN(c2nc3c(F)cc(F)cc3s2)CC1)c1ccc(S(=O)(=O)N2CCCc3ccccc32)cc1. The van der Waals surface area contributed by atoms with Crippen molar-refractivity contribution >= 4 is 60.7 Å². The zero-order valence-corrected chi connectivity index (χ0v) is 25.1. The maximum absolute atomic E-state index is 14.0. The van der Waals surface area contributed by atoms with Crippen molar-refractivity contribution in [2.75, 3.05) is 55.0 Å². The number of rotatable bonds is 7. The second-order valence-corrected chi connectivity index (χ2v) is 13.0. The van der Waals surface area contributed by atoms with Gasteiger partial charge in [0.2, 0.25) is 0 Å². The van der Waals surface area contributed by atoms with Crippen LogP contribution in [-0.2, 0) is 16.4 Å². The molecule has 2 aliphatic heterocycles. The van der Waals surface area contributed by atoms with E-state index < -0.39 is 21.7 Å². The molecular weight excluding hydrogens is 604 g/mol. The molecule has 4 aromatic rings. The number of thiazole rings is 1. The predicted octanol–water partition coefficient (Wildman–Crippen LogP) is 4.69. The van der Waals surface area contributed by atoms with Crippen LogP contribution in [0.5, 0.6) is 0 Å². The Morgan fingerprint density at radius 2 is 1.71 bits per heavy atom. The van der Waals surface area contributed by atoms with E-state index in [-0.39, 0.29) is 28.7 Å². The van der Waals surface area contributed by atoms with Crippen LogP contribution >= 0.6 is 23.7 Å². The molecule has 1 saturated heterocycles. The number of amides is 1. The maximum atomic E-state index is 14.0. The number of fused-ring (bicyclic) bond motifs is 2. The zero-order chi connectivity index (χ0) is 28.6. The highest BCUT2D eigenvalue weighted by Gasteiger charge is 2.29. The molecule has 0 radical (unpaired) electrons. The van der Waals surface area contributed by atoms with Gasteiger partial charge in [0, 0.05) is 57.4 Å². The maximum Gasteiger partial charge on any atom is 0.264 e. The summed E-state index contributed by atoms with van der Waals surface area (Å²) in [6, 6.07) is 15.8. The number of aromatic nitrogens is 1. The van der Waals surface area contributed by atoms with E-state index in [0.717, 1.165) is 37.6 Å². The quantitative estimate of drug-likeness (QED) is 0.318. The number of piperazine rings is 1. The number of benzene rings is 3. The third-order valence-corrected chi connectivity index (χ3v) is 10.4. The number of anilines is 2. The minimum absolute atomic E-state index is 0. The second kappa shape index (κ2) is 12.5. The Balaban J connectivity index is 0.00000353. The molecule has 0 spiro atoms. The van der Waals surface area contributed by atoms with Gasteiger partial charge in [0.1, 0.15) is 11.3 Å². The van der Waals surface area contributed by atoms with Gasteiger partial charge in [-0.05, 0) is 54.8 Å². The number of carbonyl (C=O) groups is 1. The van der Waals surface area contributed by atoms with Gasteiger partial charge in [0.15, 0.2) is 10.9 Å². The number of hydrogen-bond acceptors (Lipinski definition) is 7. The van der Waals surface area contributed by atoms with E-state index >= 15 is 0 Å². The van der Waals surface area contributed by atoms with Gasteiger partial charge in [-0.15, -0.1) is 12.4 Å². The number of nitrogens with one attached hydrogen (secondary N) is 1. The summed E-state index contributed by atoms with van der Waals surface area (Å²) < 4.78 is 56.2. The summed E-state index contributed by atoms with van der Waals surface area (Å²) >= 11 is 1.28. The third-order valence-electron chi connectivity index (χ3n) is 7.53. The second-order valence-electron chi connectivity index (χ2n) is 10.1. The summed E-state index contributed by atoms with van der Waals surface area (Å²) in [5.74, 6) is -1.53. The fraction of sp³-hybridized carbons (Fsp3) is 0.310. The van der Waals surface area contributed by atoms with Crippen LogP contribution in [0.1, 0.15) is 22.3 Å². The summed E-state index contributed by atoms with van der Waals surface area (Å²) in [5, 5.41) is 3.58. The largest absolute Gasteiger partial charge is 0.351 e. The molecule has 8 nitrogen and oxygen atoms in total. The van der Waals surface area contributed by atoms with Crippen molar-refractivity contribution in [3.05, 3.63) is 83.4 Å². The molecule has 1 aromatic heterocycles. The van der Waals surface area contributed by atoms with E-state index in [2.05, 4.69) is 20.1 Å². The first-order valence-corrected chi connectivity index (χ1v) is 15.8. The Morgan fingerprint density at radius 3 is 2.48 bits per heavy atom. The normalized spacial score (nSPS) is 15.8. The van der Waals surface area contributed by atoms with Crippen molar-refractivity contribution in [3.63, 3.8) is 0 Å². The van der Waals surface area contributed by atoms with Crippen molar-refractivity contribution < 1.29 is 22.0 Å². The average Bonchev–Trinajstić information content (AvgIpc) is 3.42. The van der Waals surface area contributed by atoms with E-state index in [4.69, 9.17) is 0 Å². The lowest BCUT2D eigenvalue weighted by molar-refractivity contribution is 0.0947. The Kier molecular flexibility index (Phi) is 8.97. The van der Waals surface area contributed by atoms with Crippen LogP contribution < -0.4 is 14.5 Å². The van der Waals surface area contributed by atoms with E-state index in [0.29, 0.717) is 53.8 Å². The smallest absolute Gasteiger partial charge is 0.264 e. The molecule has 0 atom stereocenters. The molecule has 0 bridgehead atoms. The fourth-order valence-electron chi connectivity index (χ4n) is 5.33. The fourth-order valence-corrected chi connectivity index (χ4v) is 7.93. The molecule has 2 aliphatic rings. The van der Waals surface area contributed by atoms with Crippen molar-refractivity contribution in [1.29, 1.82) is 0 Å². The topological polar surface area (TPSA) is 85.9 Å². The lowest BCUT2D eigenvalue weighted by Gasteiger charge is -2.34. The first-order chi connectivity index (χ1) is 19.8. The van der Waals surface area contributed by atoms with Gasteiger partial charge >= 0.3 is 0 Å². The minimum Gasteiger partial charge on any atom is -0.351 e. The summed E-state index contributed by atoms with van der Waals surface area (Å²) in [6.45, 7) is 4.39. The first-order valence-electron chi connectivity index (χ1n) is 13.5. The standard InChI is InChI=1S/C29H29F2N5O3S2.ClH/c30-22-18-24(31)27-26(19-22)40-29(33-27)35-16-14-34(15-17-35)13-11-32-28(37)21-7-9-23(10-8-21)41(38,39)36-12-3-5-20-4-1-2-6-25(20)36;/h1-2,4,6-10,18-19H,3,5,11-17H2,(H,32,37);1H. The lowest BCUT2D eigenvalue weighted by Crippen LogP contribution is -2.48. The molecule has 1 amide bonds. The molecule has 0 saturated carbocycles. The zero-order valence-electron chi connectivity index (χ0n) is 22.6. The van der Waals surface area contributed by atoms with Crippen LogP contribution in [0.4, 0.5) is 19.6 Å². The van der Waals surface area contributed by atoms with Crippen molar-refractivity contribution in [3.8, 4) is 0 Å². The van der Waals surface area contributed by atoms with E-state index in [1.165, 1.54) is 33.8 Å². The third kappa shape index (κ3) is 6.07. The van der Waals surface area contributed by atoms with Crippen molar-refractivity contribution in [2.45, 2.75) is 17.7 Å². The first kappa shape index (κ1) is 30.1. The van der Waals surface area contributed by atoms with Gasteiger partial charge in [0.25, 0.3) is 15.9 Å². The number of carbonyl (C=O) groups excluding carboxylic acids is 1. The number of sulfonamides is 1. The number of hydrogen-bond donors (Lipinski definition) is 1. The van der Waals surface area contributed by atoms with Crippen LogP contribution in [-0.4, -0.2) is 70.0 Å². The molecule has 3 aromatic carbocycles. The predicted molar refractivity (Wildman–Crippen MR) is 164 cm³/mol. The summed E-state index contributed by atoms with van der Waals surface area (Å²) in [4.78, 5) is 21.5. The summed E-state index contributed by atoms with van der Waals surface area (Å²) in [5.41, 5.74) is 2.32. The van der Waals surface area contributed by atoms with Gasteiger partial charge in [-0.25, -0.2) is 22.2 Å². The Labute approximate surface area is 253 Å². The van der Waals surface area contributed by atoms with Gasteiger partial charge in [0.05, 0.1) is 15.3 Å². The molecule has 42 heavy (non-hydrogen) atoms. The molecule has 3 heterocycles. The van der Waals surface area contributed by atoms with Crippen LogP contribution in [0, 0.1) is 11.6 Å². The van der Waals surface area contributed by atoms with Crippen molar-refractivity contribution in [1.82, 2.24) is 15.2 Å². The van der Waals surface area contributed by atoms with Gasteiger partial charge in [-0.2, -0.15) is 0 Å². The van der Waals surface area contributed by atoms with E-state index in [1.807, 2.05) is 24.3 Å². The molecule has 222 valence electrons. The number of para-hydroxylation sites is 1. The van der Waals surface area contributed by atoms with Gasteiger partial charge < -0.3 is 10.2 Å². The van der Waals surface area contributed by atoms with Gasteiger partial charge in [-0.1, -0.05) is 29.5 Å². The molecule has 13 heteroatoms. The van der Waals surface area contributed by atoms with E-state index in [9.17, 15) is 22.0 Å². The molecule has 1 fully saturated rings. The highest BCUT2D eigenvalue weighted by Crippen LogP contribution is 2.33. The number of nitrogens with zero attached hydrogens (tertiary/aromatic N) is 4. The average molecular weight is 634 g/mol. The van der Waals surface area contributed by atoms with Gasteiger partial charge in [-0.3, -0.25) is 14.0 Å². The Morgan fingerprint density at radius 1 is 0.976 bits per heavy atom. The van der Waals surface area contributed by atoms with Crippen LogP contribution in [0.3, 0.4) is 0 Å². The molecular formula is C29H30ClF2N5O3S2. The molecule has 6 rings (SSSR count). The van der Waals surface area contributed by atoms with Crippen molar-refractivity contribution in [2.24, 2.45) is 0 Å². The Hall–Kier alpha value is -3.32. The molecule has 0 aliphatic carbocycles. The minimum atomic E-state index is -3.73. The molecule has 1 N–H and O–H groups in total. The summed E-state index contributed by atoms with van der Waals surface area (Å²) in [6.07, 6.45) is 1.61. The highest BCUT2D eigenvalue weighted by molar-refractivity contribution is 7.92. The molecule has 0 unspecified atom stereocenters. The highest BCUT2D eigenvalue weighted by atomic mass is 35.5. The van der Waals surface area contributed by atoms with Crippen LogP contribution in [0.25, 0.3) is 10.2 Å². The van der Waals surface area contributed by atoms with E-state index in [1.54, 1.807) is 12.1 Å². The summed E-state index contributed by atoms with van der Waals surface area (Å²) in [7, 11) is -3.73. The van der Waals surface area contributed by atoms with Crippen LogP contribution in [0.15, 0.2) is 65.6 Å². The van der Waals surface area contributed by atoms with Crippen LogP contribution in [0.2, 0.25) is 0 Å². The number of aryl methyl sites for hydroxylation is 1. The lowest BCUT2D eigenvalue weighted by atomic mass is 10.0. The Bertz CT molecular complexity index is 1690.